The SMILES string of the molecule is CCCc1onc(C)c1C(=O)O[C@@H](C)C1CCOCC1. The molecule has 0 saturated carbocycles. The minimum absolute atomic E-state index is 0.102. The molecule has 0 amide bonds. The molecule has 1 atom stereocenters. The number of hydrogen-bond acceptors (Lipinski definition) is 5. The number of carbonyl (C=O) groups excluding carboxylic acids is 1. The molecule has 0 aromatic carbocycles. The van der Waals surface area contributed by atoms with E-state index in [0.717, 1.165) is 32.5 Å². The van der Waals surface area contributed by atoms with E-state index in [-0.39, 0.29) is 12.1 Å². The van der Waals surface area contributed by atoms with Crippen LogP contribution in [-0.4, -0.2) is 30.4 Å². The number of aromatic nitrogens is 1. The normalized spacial score (nSPS) is 17.9. The number of aryl methyl sites for hydroxylation is 2. The second kappa shape index (κ2) is 6.88. The van der Waals surface area contributed by atoms with Gasteiger partial charge in [-0.3, -0.25) is 0 Å². The lowest BCUT2D eigenvalue weighted by Crippen LogP contribution is -2.29. The first kappa shape index (κ1) is 15.0. The van der Waals surface area contributed by atoms with Crippen molar-refractivity contribution >= 4 is 5.97 Å². The molecule has 0 unspecified atom stereocenters. The van der Waals surface area contributed by atoms with Crippen molar-refractivity contribution in [2.45, 2.75) is 52.6 Å². The summed E-state index contributed by atoms with van der Waals surface area (Å²) in [5.41, 5.74) is 1.11. The Kier molecular flexibility index (Phi) is 5.17. The van der Waals surface area contributed by atoms with Crippen molar-refractivity contribution in [3.63, 3.8) is 0 Å². The van der Waals surface area contributed by atoms with Gasteiger partial charge in [0, 0.05) is 25.6 Å². The zero-order valence-corrected chi connectivity index (χ0v) is 12.5. The number of carbonyl (C=O) groups is 1. The maximum Gasteiger partial charge on any atom is 0.343 e. The Labute approximate surface area is 119 Å². The molecule has 1 aliphatic rings. The minimum atomic E-state index is -0.314. The highest BCUT2D eigenvalue weighted by Crippen LogP contribution is 2.23. The third kappa shape index (κ3) is 3.39. The third-order valence-electron chi connectivity index (χ3n) is 3.84. The lowest BCUT2D eigenvalue weighted by atomic mass is 9.95. The molecule has 1 aliphatic heterocycles. The van der Waals surface area contributed by atoms with Gasteiger partial charge in [0.1, 0.15) is 11.7 Å². The van der Waals surface area contributed by atoms with Crippen molar-refractivity contribution in [1.29, 1.82) is 0 Å². The third-order valence-corrected chi connectivity index (χ3v) is 3.84. The van der Waals surface area contributed by atoms with Crippen molar-refractivity contribution < 1.29 is 18.8 Å². The molecule has 1 aromatic rings. The van der Waals surface area contributed by atoms with E-state index in [0.29, 0.717) is 29.4 Å². The van der Waals surface area contributed by atoms with Crippen molar-refractivity contribution in [3.8, 4) is 0 Å². The summed E-state index contributed by atoms with van der Waals surface area (Å²) in [4.78, 5) is 12.3. The molecule has 1 saturated heterocycles. The van der Waals surface area contributed by atoms with E-state index >= 15 is 0 Å². The number of esters is 1. The van der Waals surface area contributed by atoms with Crippen LogP contribution in [0.3, 0.4) is 0 Å². The minimum Gasteiger partial charge on any atom is -0.459 e. The predicted molar refractivity (Wildman–Crippen MR) is 73.7 cm³/mol. The zero-order valence-electron chi connectivity index (χ0n) is 12.5. The number of nitrogens with zero attached hydrogens (tertiary/aromatic N) is 1. The highest BCUT2D eigenvalue weighted by atomic mass is 16.5. The molecule has 5 heteroatoms. The summed E-state index contributed by atoms with van der Waals surface area (Å²) in [6.45, 7) is 7.27. The molecule has 0 aliphatic carbocycles. The molecule has 5 nitrogen and oxygen atoms in total. The Hall–Kier alpha value is -1.36. The Balaban J connectivity index is 2.02. The lowest BCUT2D eigenvalue weighted by Gasteiger charge is -2.27. The van der Waals surface area contributed by atoms with Gasteiger partial charge in [-0.25, -0.2) is 4.79 Å². The van der Waals surface area contributed by atoms with Crippen LogP contribution in [0.25, 0.3) is 0 Å². The summed E-state index contributed by atoms with van der Waals surface area (Å²) in [5, 5.41) is 3.88. The molecule has 0 radical (unpaired) electrons. The molecular formula is C15H23NO4. The van der Waals surface area contributed by atoms with Crippen LogP contribution in [0.5, 0.6) is 0 Å². The molecule has 0 N–H and O–H groups in total. The van der Waals surface area contributed by atoms with E-state index in [1.807, 2.05) is 13.8 Å². The Bertz CT molecular complexity index is 449. The van der Waals surface area contributed by atoms with E-state index in [9.17, 15) is 4.79 Å². The summed E-state index contributed by atoms with van der Waals surface area (Å²) in [5.74, 6) is 0.697. The van der Waals surface area contributed by atoms with Gasteiger partial charge in [-0.2, -0.15) is 0 Å². The quantitative estimate of drug-likeness (QED) is 0.777. The molecule has 20 heavy (non-hydrogen) atoms. The second-order valence-electron chi connectivity index (χ2n) is 5.38. The van der Waals surface area contributed by atoms with Gasteiger partial charge in [0.25, 0.3) is 0 Å². The van der Waals surface area contributed by atoms with Crippen LogP contribution >= 0.6 is 0 Å². The molecule has 2 heterocycles. The molecule has 0 spiro atoms. The molecule has 0 bridgehead atoms. The van der Waals surface area contributed by atoms with Crippen LogP contribution in [0, 0.1) is 12.8 Å². The summed E-state index contributed by atoms with van der Waals surface area (Å²) in [7, 11) is 0. The van der Waals surface area contributed by atoms with Crippen LogP contribution in [-0.2, 0) is 15.9 Å². The van der Waals surface area contributed by atoms with E-state index in [1.165, 1.54) is 0 Å². The fraction of sp³-hybridized carbons (Fsp3) is 0.733. The Morgan fingerprint density at radius 3 is 2.80 bits per heavy atom. The van der Waals surface area contributed by atoms with E-state index in [4.69, 9.17) is 14.0 Å². The van der Waals surface area contributed by atoms with Gasteiger partial charge in [0.2, 0.25) is 0 Å². The summed E-state index contributed by atoms with van der Waals surface area (Å²) < 4.78 is 16.2. The highest BCUT2D eigenvalue weighted by molar-refractivity contribution is 5.91. The number of ether oxygens (including phenoxy) is 2. The van der Waals surface area contributed by atoms with E-state index in [1.54, 1.807) is 6.92 Å². The molecule has 1 aromatic heterocycles. The van der Waals surface area contributed by atoms with Crippen LogP contribution in [0.2, 0.25) is 0 Å². The Morgan fingerprint density at radius 1 is 1.45 bits per heavy atom. The van der Waals surface area contributed by atoms with Gasteiger partial charge in [-0.1, -0.05) is 12.1 Å². The average molecular weight is 281 g/mol. The highest BCUT2D eigenvalue weighted by Gasteiger charge is 2.27. The average Bonchev–Trinajstić information content (AvgIpc) is 2.81. The van der Waals surface area contributed by atoms with Crippen molar-refractivity contribution in [3.05, 3.63) is 17.0 Å². The second-order valence-corrected chi connectivity index (χ2v) is 5.38. The maximum atomic E-state index is 12.3. The maximum absolute atomic E-state index is 12.3. The predicted octanol–water partition coefficient (Wildman–Crippen LogP) is 2.91. The largest absolute Gasteiger partial charge is 0.459 e. The van der Waals surface area contributed by atoms with E-state index in [2.05, 4.69) is 5.16 Å². The molecular weight excluding hydrogens is 258 g/mol. The van der Waals surface area contributed by atoms with Gasteiger partial charge < -0.3 is 14.0 Å². The Morgan fingerprint density at radius 2 is 2.15 bits per heavy atom. The van der Waals surface area contributed by atoms with Gasteiger partial charge >= 0.3 is 5.97 Å². The van der Waals surface area contributed by atoms with Gasteiger partial charge in [-0.05, 0) is 33.1 Å². The van der Waals surface area contributed by atoms with Crippen molar-refractivity contribution in [1.82, 2.24) is 5.16 Å². The molecule has 112 valence electrons. The van der Waals surface area contributed by atoms with Crippen LogP contribution < -0.4 is 0 Å². The fourth-order valence-electron chi connectivity index (χ4n) is 2.59. The van der Waals surface area contributed by atoms with Crippen LogP contribution in [0.4, 0.5) is 0 Å². The first-order chi connectivity index (χ1) is 9.63. The molecule has 2 rings (SSSR count). The summed E-state index contributed by atoms with van der Waals surface area (Å²) in [6.07, 6.45) is 3.40. The van der Waals surface area contributed by atoms with Crippen molar-refractivity contribution in [2.75, 3.05) is 13.2 Å². The van der Waals surface area contributed by atoms with Gasteiger partial charge in [0.15, 0.2) is 5.76 Å². The lowest BCUT2D eigenvalue weighted by molar-refractivity contribution is -0.0120. The smallest absolute Gasteiger partial charge is 0.343 e. The first-order valence-electron chi connectivity index (χ1n) is 7.37. The van der Waals surface area contributed by atoms with Crippen LogP contribution in [0.15, 0.2) is 4.52 Å². The summed E-state index contributed by atoms with van der Waals surface area (Å²) >= 11 is 0. The topological polar surface area (TPSA) is 61.6 Å². The first-order valence-corrected chi connectivity index (χ1v) is 7.37. The van der Waals surface area contributed by atoms with Crippen LogP contribution in [0.1, 0.15) is 54.9 Å². The molecule has 1 fully saturated rings. The fourth-order valence-corrected chi connectivity index (χ4v) is 2.59. The number of rotatable bonds is 5. The van der Waals surface area contributed by atoms with Gasteiger partial charge in [0.05, 0.1) is 5.69 Å². The van der Waals surface area contributed by atoms with Gasteiger partial charge in [-0.15, -0.1) is 0 Å². The summed E-state index contributed by atoms with van der Waals surface area (Å²) in [6, 6.07) is 0. The zero-order chi connectivity index (χ0) is 14.5. The number of hydrogen-bond donors (Lipinski definition) is 0. The van der Waals surface area contributed by atoms with Crippen molar-refractivity contribution in [2.24, 2.45) is 5.92 Å². The monoisotopic (exact) mass is 281 g/mol. The standard InChI is InChI=1S/C15H23NO4/c1-4-5-13-14(10(2)16-20-13)15(17)19-11(3)12-6-8-18-9-7-12/h11-12H,4-9H2,1-3H3/t11-/m0/s1. The van der Waals surface area contributed by atoms with E-state index < -0.39 is 0 Å².